The molecule has 6 heteroatoms. The first-order valence-corrected chi connectivity index (χ1v) is 7.12. The van der Waals surface area contributed by atoms with Crippen molar-refractivity contribution >= 4 is 17.9 Å². The van der Waals surface area contributed by atoms with Gasteiger partial charge in [-0.15, -0.1) is 0 Å². The number of allylic oxidation sites excluding steroid dienone is 1. The zero-order valence-electron chi connectivity index (χ0n) is 12.5. The summed E-state index contributed by atoms with van der Waals surface area (Å²) >= 11 is 0. The van der Waals surface area contributed by atoms with E-state index in [2.05, 4.69) is 0 Å². The van der Waals surface area contributed by atoms with Gasteiger partial charge < -0.3 is 15.3 Å². The van der Waals surface area contributed by atoms with Crippen LogP contribution in [0.1, 0.15) is 46.5 Å². The summed E-state index contributed by atoms with van der Waals surface area (Å²) in [6, 6.07) is 0. The van der Waals surface area contributed by atoms with Crippen LogP contribution in [0.5, 0.6) is 0 Å². The molecule has 118 valence electrons. The smallest absolute Gasteiger partial charge is 0.314 e. The van der Waals surface area contributed by atoms with Crippen molar-refractivity contribution in [1.82, 2.24) is 0 Å². The largest absolute Gasteiger partial charge is 0.481 e. The van der Waals surface area contributed by atoms with Gasteiger partial charge in [-0.2, -0.15) is 0 Å². The molecule has 1 rings (SSSR count). The Morgan fingerprint density at radius 1 is 1.10 bits per heavy atom. The number of rotatable bonds is 6. The number of hydrogen-bond acceptors (Lipinski definition) is 3. The third kappa shape index (κ3) is 2.43. The van der Waals surface area contributed by atoms with Crippen molar-refractivity contribution in [3.05, 3.63) is 11.6 Å². The Balaban J connectivity index is 3.71. The van der Waals surface area contributed by atoms with Crippen LogP contribution < -0.4 is 0 Å². The summed E-state index contributed by atoms with van der Waals surface area (Å²) in [5.41, 5.74) is -2.56. The van der Waals surface area contributed by atoms with Crippen LogP contribution >= 0.6 is 0 Å². The van der Waals surface area contributed by atoms with Gasteiger partial charge in [0.25, 0.3) is 0 Å². The van der Waals surface area contributed by atoms with Crippen molar-refractivity contribution in [3.63, 3.8) is 0 Å². The Bertz CT molecular complexity index is 494. The molecule has 0 aromatic carbocycles. The minimum Gasteiger partial charge on any atom is -0.481 e. The van der Waals surface area contributed by atoms with Gasteiger partial charge in [0, 0.05) is 0 Å². The lowest BCUT2D eigenvalue weighted by Gasteiger charge is -2.46. The quantitative estimate of drug-likeness (QED) is 0.649. The summed E-state index contributed by atoms with van der Waals surface area (Å²) in [5, 5.41) is 28.8. The maximum atomic E-state index is 11.8. The van der Waals surface area contributed by atoms with Gasteiger partial charge in [0.05, 0.1) is 11.3 Å². The van der Waals surface area contributed by atoms with E-state index in [4.69, 9.17) is 0 Å². The van der Waals surface area contributed by atoms with Crippen molar-refractivity contribution in [2.24, 2.45) is 16.7 Å². The van der Waals surface area contributed by atoms with E-state index < -0.39 is 34.7 Å². The van der Waals surface area contributed by atoms with Crippen molar-refractivity contribution < 1.29 is 29.7 Å². The van der Waals surface area contributed by atoms with Gasteiger partial charge in [-0.3, -0.25) is 14.4 Å². The molecule has 0 bridgehead atoms. The lowest BCUT2D eigenvalue weighted by atomic mass is 9.53. The third-order valence-corrected chi connectivity index (χ3v) is 4.81. The van der Waals surface area contributed by atoms with Gasteiger partial charge in [0.2, 0.25) is 0 Å². The van der Waals surface area contributed by atoms with E-state index in [-0.39, 0.29) is 19.3 Å². The molecule has 0 saturated heterocycles. The van der Waals surface area contributed by atoms with Crippen molar-refractivity contribution in [3.8, 4) is 0 Å². The minimum atomic E-state index is -1.68. The van der Waals surface area contributed by atoms with E-state index >= 15 is 0 Å². The van der Waals surface area contributed by atoms with Gasteiger partial charge in [0.1, 0.15) is 5.41 Å². The Labute approximate surface area is 123 Å². The normalized spacial score (nSPS) is 32.3. The second-order valence-corrected chi connectivity index (χ2v) is 5.62. The molecular weight excluding hydrogens is 276 g/mol. The molecule has 0 aliphatic heterocycles. The van der Waals surface area contributed by atoms with Crippen LogP contribution in [0.2, 0.25) is 0 Å². The second kappa shape index (κ2) is 5.87. The van der Waals surface area contributed by atoms with Crippen LogP contribution in [0.3, 0.4) is 0 Å². The molecule has 0 heterocycles. The van der Waals surface area contributed by atoms with Crippen molar-refractivity contribution in [2.45, 2.75) is 46.5 Å². The monoisotopic (exact) mass is 298 g/mol. The lowest BCUT2D eigenvalue weighted by molar-refractivity contribution is -0.178. The molecule has 3 N–H and O–H groups in total. The number of carboxylic acids is 3. The number of carbonyl (C=O) groups is 3. The predicted octanol–water partition coefficient (Wildman–Crippen LogP) is 2.39. The molecule has 0 aromatic rings. The van der Waals surface area contributed by atoms with E-state index in [1.165, 1.54) is 6.08 Å². The molecule has 0 fully saturated rings. The molecular formula is C15H22O6. The average molecular weight is 298 g/mol. The number of aliphatic carboxylic acids is 3. The van der Waals surface area contributed by atoms with Crippen LogP contribution in [0.4, 0.5) is 0 Å². The van der Waals surface area contributed by atoms with Crippen molar-refractivity contribution in [2.75, 3.05) is 0 Å². The second-order valence-electron chi connectivity index (χ2n) is 5.62. The Morgan fingerprint density at radius 3 is 1.95 bits per heavy atom. The van der Waals surface area contributed by atoms with E-state index in [1.54, 1.807) is 13.8 Å². The van der Waals surface area contributed by atoms with Gasteiger partial charge in [0.15, 0.2) is 0 Å². The van der Waals surface area contributed by atoms with E-state index in [0.29, 0.717) is 12.0 Å². The summed E-state index contributed by atoms with van der Waals surface area (Å²) in [6.07, 6.45) is 2.19. The third-order valence-electron chi connectivity index (χ3n) is 4.81. The first kappa shape index (κ1) is 17.2. The maximum Gasteiger partial charge on any atom is 0.314 e. The molecule has 1 aliphatic carbocycles. The number of carboxylic acid groups (broad SMARTS) is 3. The van der Waals surface area contributed by atoms with Gasteiger partial charge >= 0.3 is 17.9 Å². The fourth-order valence-corrected chi connectivity index (χ4v) is 3.50. The summed E-state index contributed by atoms with van der Waals surface area (Å²) in [5.74, 6) is -5.36. The van der Waals surface area contributed by atoms with E-state index in [1.807, 2.05) is 6.92 Å². The average Bonchev–Trinajstić information content (AvgIpc) is 2.44. The molecule has 0 aromatic heterocycles. The van der Waals surface area contributed by atoms with Crippen LogP contribution in [0, 0.1) is 16.7 Å². The highest BCUT2D eigenvalue weighted by Gasteiger charge is 2.62. The molecule has 0 radical (unpaired) electrons. The fourth-order valence-electron chi connectivity index (χ4n) is 3.50. The van der Waals surface area contributed by atoms with E-state index in [9.17, 15) is 29.7 Å². The van der Waals surface area contributed by atoms with Crippen molar-refractivity contribution in [1.29, 1.82) is 0 Å². The van der Waals surface area contributed by atoms with Crippen LogP contribution in [-0.2, 0) is 14.4 Å². The number of hydrogen-bond donors (Lipinski definition) is 3. The predicted molar refractivity (Wildman–Crippen MR) is 74.8 cm³/mol. The zero-order valence-corrected chi connectivity index (χ0v) is 12.5. The highest BCUT2D eigenvalue weighted by Crippen LogP contribution is 2.54. The van der Waals surface area contributed by atoms with Crippen LogP contribution in [0.15, 0.2) is 11.6 Å². The maximum absolute atomic E-state index is 11.8. The molecule has 3 unspecified atom stereocenters. The van der Waals surface area contributed by atoms with Crippen LogP contribution in [0.25, 0.3) is 0 Å². The highest BCUT2D eigenvalue weighted by molar-refractivity contribution is 5.92. The zero-order chi connectivity index (χ0) is 16.4. The molecule has 0 saturated carbocycles. The molecule has 21 heavy (non-hydrogen) atoms. The van der Waals surface area contributed by atoms with Gasteiger partial charge in [-0.1, -0.05) is 32.4 Å². The Kier molecular flexibility index (Phi) is 4.81. The fraction of sp³-hybridized carbons (Fsp3) is 0.667. The summed E-state index contributed by atoms with van der Waals surface area (Å²) in [7, 11) is 0. The highest BCUT2D eigenvalue weighted by atomic mass is 16.4. The van der Waals surface area contributed by atoms with Gasteiger partial charge in [-0.05, 0) is 25.7 Å². The molecule has 3 atom stereocenters. The topological polar surface area (TPSA) is 112 Å². The summed E-state index contributed by atoms with van der Waals surface area (Å²) in [4.78, 5) is 35.4. The minimum absolute atomic E-state index is 0.0395. The Hall–Kier alpha value is -1.85. The molecule has 1 aliphatic rings. The van der Waals surface area contributed by atoms with Crippen LogP contribution in [-0.4, -0.2) is 33.2 Å². The molecule has 6 nitrogen and oxygen atoms in total. The summed E-state index contributed by atoms with van der Waals surface area (Å²) in [6.45, 7) is 5.00. The first-order valence-electron chi connectivity index (χ1n) is 7.12. The standard InChI is InChI=1S/C15H22O6/c1-4-9-7-14(5-2,12(18)19)10(11(16)17)15(6-3,8-9)13(20)21/h7,10H,4-6,8H2,1-3H3,(H,16,17)(H,18,19)(H,20,21). The van der Waals surface area contributed by atoms with E-state index in [0.717, 1.165) is 0 Å². The molecule has 0 amide bonds. The van der Waals surface area contributed by atoms with Gasteiger partial charge in [-0.25, -0.2) is 0 Å². The molecule has 0 spiro atoms. The Morgan fingerprint density at radius 2 is 1.67 bits per heavy atom. The first-order chi connectivity index (χ1) is 9.71. The SMILES string of the molecule is CCC1=CC(CC)(C(=O)O)C(C(=O)O)C(CC)(C(=O)O)C1. The summed E-state index contributed by atoms with van der Waals surface area (Å²) < 4.78 is 0. The lowest BCUT2D eigenvalue weighted by Crippen LogP contribution is -2.56.